The summed E-state index contributed by atoms with van der Waals surface area (Å²) in [5.74, 6) is 0.434. The SMILES string of the molecule is CC(=O)N1CCc2c(c(N3CCCc4cc(-c5cn(C6CCN(C(=O)CNc7cccc(N8CCC(=O)NC8=O)c7)CC6)c6c5CNC=C6)c(C(F)F)cc43)nn2C2CCOCC2)C1. The predicted molar refractivity (Wildman–Crippen MR) is 237 cm³/mol. The molecular formula is C47H54F2N10O5. The summed E-state index contributed by atoms with van der Waals surface area (Å²) in [7, 11) is 0. The van der Waals surface area contributed by atoms with Gasteiger partial charge in [-0.3, -0.25) is 29.3 Å². The number of nitrogens with one attached hydrogen (secondary N) is 3. The molecule has 2 aromatic heterocycles. The van der Waals surface area contributed by atoms with Gasteiger partial charge in [0, 0.05) is 135 Å². The topological polar surface area (TPSA) is 149 Å². The number of rotatable bonds is 9. The molecule has 0 aliphatic carbocycles. The fraction of sp³-hybridized carbons (Fsp3) is 0.468. The summed E-state index contributed by atoms with van der Waals surface area (Å²) in [6.45, 7) is 6.61. The number of ether oxygens (including phenoxy) is 1. The number of anilines is 4. The number of halogens is 2. The molecule has 336 valence electrons. The molecule has 0 radical (unpaired) electrons. The Morgan fingerprint density at radius 2 is 1.73 bits per heavy atom. The maximum Gasteiger partial charge on any atom is 0.328 e. The Labute approximate surface area is 370 Å². The van der Waals surface area contributed by atoms with E-state index in [0.717, 1.165) is 70.8 Å². The van der Waals surface area contributed by atoms with Crippen molar-refractivity contribution >= 4 is 52.7 Å². The number of hydrogen-bond donors (Lipinski definition) is 3. The van der Waals surface area contributed by atoms with Gasteiger partial charge in [-0.2, -0.15) is 5.10 Å². The third-order valence-electron chi connectivity index (χ3n) is 13.9. The Morgan fingerprint density at radius 3 is 2.52 bits per heavy atom. The van der Waals surface area contributed by atoms with E-state index in [0.29, 0.717) is 88.7 Å². The van der Waals surface area contributed by atoms with Gasteiger partial charge >= 0.3 is 6.03 Å². The van der Waals surface area contributed by atoms with Crippen LogP contribution in [0.4, 0.5) is 36.5 Å². The van der Waals surface area contributed by atoms with Crippen molar-refractivity contribution in [3.05, 3.63) is 82.4 Å². The summed E-state index contributed by atoms with van der Waals surface area (Å²) in [5.41, 5.74) is 8.50. The minimum atomic E-state index is -2.72. The van der Waals surface area contributed by atoms with E-state index in [-0.39, 0.29) is 54.9 Å². The van der Waals surface area contributed by atoms with Crippen LogP contribution >= 0.6 is 0 Å². The number of imide groups is 1. The van der Waals surface area contributed by atoms with Crippen molar-refractivity contribution in [3.8, 4) is 11.1 Å². The van der Waals surface area contributed by atoms with Crippen LogP contribution < -0.4 is 25.8 Å². The van der Waals surface area contributed by atoms with Crippen LogP contribution in [0.25, 0.3) is 17.2 Å². The Morgan fingerprint density at radius 1 is 0.906 bits per heavy atom. The first-order chi connectivity index (χ1) is 31.1. The fourth-order valence-corrected chi connectivity index (χ4v) is 10.5. The molecule has 0 unspecified atom stereocenters. The van der Waals surface area contributed by atoms with Gasteiger partial charge in [0.1, 0.15) is 0 Å². The summed E-state index contributed by atoms with van der Waals surface area (Å²) in [6, 6.07) is 10.7. The lowest BCUT2D eigenvalue weighted by atomic mass is 9.90. The van der Waals surface area contributed by atoms with Crippen LogP contribution in [0.3, 0.4) is 0 Å². The highest BCUT2D eigenvalue weighted by Crippen LogP contribution is 2.46. The van der Waals surface area contributed by atoms with Crippen molar-refractivity contribution in [1.29, 1.82) is 0 Å². The molecular weight excluding hydrogens is 823 g/mol. The molecule has 6 aliphatic heterocycles. The number of carbonyl (C=O) groups is 4. The van der Waals surface area contributed by atoms with Gasteiger partial charge in [-0.05, 0) is 92.3 Å². The highest BCUT2D eigenvalue weighted by Gasteiger charge is 2.36. The third kappa shape index (κ3) is 7.87. The van der Waals surface area contributed by atoms with Crippen molar-refractivity contribution in [2.24, 2.45) is 0 Å². The summed E-state index contributed by atoms with van der Waals surface area (Å²) in [5, 5.41) is 14.1. The summed E-state index contributed by atoms with van der Waals surface area (Å²) < 4.78 is 41.0. The molecule has 64 heavy (non-hydrogen) atoms. The molecule has 0 saturated carbocycles. The highest BCUT2D eigenvalue weighted by molar-refractivity contribution is 6.05. The van der Waals surface area contributed by atoms with E-state index in [1.807, 2.05) is 40.4 Å². The lowest BCUT2D eigenvalue weighted by Crippen LogP contribution is -2.49. The molecule has 8 heterocycles. The Kier molecular flexibility index (Phi) is 11.3. The molecule has 15 nitrogen and oxygen atoms in total. The number of likely N-dealkylation sites (tertiary alicyclic amines) is 1. The molecule has 2 aromatic carbocycles. The monoisotopic (exact) mass is 876 g/mol. The zero-order valence-electron chi connectivity index (χ0n) is 36.1. The van der Waals surface area contributed by atoms with E-state index in [9.17, 15) is 19.2 Å². The van der Waals surface area contributed by atoms with Crippen LogP contribution in [0.2, 0.25) is 0 Å². The molecule has 0 atom stereocenters. The van der Waals surface area contributed by atoms with Crippen LogP contribution in [0.15, 0.2) is 48.8 Å². The number of piperidine rings is 1. The first-order valence-electron chi connectivity index (χ1n) is 22.6. The van der Waals surface area contributed by atoms with E-state index in [1.165, 1.54) is 4.90 Å². The summed E-state index contributed by atoms with van der Waals surface area (Å²) in [6.07, 6.45) is 8.87. The maximum atomic E-state index is 15.5. The van der Waals surface area contributed by atoms with Crippen molar-refractivity contribution in [2.75, 3.05) is 67.6 Å². The Hall–Kier alpha value is -6.23. The van der Waals surface area contributed by atoms with Gasteiger partial charge in [0.15, 0.2) is 5.82 Å². The second-order valence-electron chi connectivity index (χ2n) is 17.7. The number of aryl methyl sites for hydroxylation is 1. The van der Waals surface area contributed by atoms with Crippen molar-refractivity contribution in [3.63, 3.8) is 0 Å². The minimum absolute atomic E-state index is 0.0114. The van der Waals surface area contributed by atoms with Crippen LogP contribution in [-0.2, 0) is 45.1 Å². The van der Waals surface area contributed by atoms with E-state index in [1.54, 1.807) is 31.2 Å². The average molecular weight is 877 g/mol. The molecule has 5 amide bonds. The molecule has 10 rings (SSSR count). The zero-order chi connectivity index (χ0) is 44.1. The molecule has 3 N–H and O–H groups in total. The van der Waals surface area contributed by atoms with Gasteiger partial charge in [-0.25, -0.2) is 13.6 Å². The van der Waals surface area contributed by atoms with Crippen LogP contribution in [0.1, 0.15) is 97.6 Å². The molecule has 0 spiro atoms. The predicted octanol–water partition coefficient (Wildman–Crippen LogP) is 6.43. The first kappa shape index (κ1) is 41.8. The van der Waals surface area contributed by atoms with Gasteiger partial charge < -0.3 is 34.6 Å². The molecule has 3 fully saturated rings. The number of alkyl halides is 2. The molecule has 17 heteroatoms. The largest absolute Gasteiger partial charge is 0.387 e. The van der Waals surface area contributed by atoms with Crippen molar-refractivity contribution in [2.45, 2.75) is 89.9 Å². The normalized spacial score (nSPS) is 19.3. The minimum Gasteiger partial charge on any atom is -0.387 e. The molecule has 0 bridgehead atoms. The first-order valence-corrected chi connectivity index (χ1v) is 22.6. The van der Waals surface area contributed by atoms with Gasteiger partial charge in [-0.1, -0.05) is 6.07 Å². The van der Waals surface area contributed by atoms with Crippen LogP contribution in [-0.4, -0.2) is 100 Å². The number of aromatic nitrogens is 3. The molecule has 3 saturated heterocycles. The van der Waals surface area contributed by atoms with Gasteiger partial charge in [0.2, 0.25) is 17.7 Å². The molecule has 4 aromatic rings. The second-order valence-corrected chi connectivity index (χ2v) is 17.7. The van der Waals surface area contributed by atoms with Crippen molar-refractivity contribution in [1.82, 2.24) is 34.8 Å². The zero-order valence-corrected chi connectivity index (χ0v) is 36.1. The number of carbonyl (C=O) groups excluding carboxylic acids is 4. The van der Waals surface area contributed by atoms with Gasteiger partial charge in [-0.15, -0.1) is 0 Å². The number of amides is 5. The smallest absolute Gasteiger partial charge is 0.328 e. The average Bonchev–Trinajstić information content (AvgIpc) is 3.90. The summed E-state index contributed by atoms with van der Waals surface area (Å²) >= 11 is 0. The number of nitrogens with zero attached hydrogens (tertiary/aromatic N) is 7. The quantitative estimate of drug-likeness (QED) is 0.173. The van der Waals surface area contributed by atoms with Gasteiger partial charge in [0.25, 0.3) is 6.43 Å². The number of fused-ring (bicyclic) bond motifs is 3. The standard InChI is InChI=1S/C47H54F2N10O5/c1-29(60)55-18-10-41-39(27-55)46(53-59(41)33-12-20-64-21-13-33)57-15-3-4-30-22-35(36(45(48)49)24-42(30)57)38-28-58(40-7-14-50-25-37(38)40)32-8-16-54(17-9-32)44(62)26-51-31-5-2-6-34(23-31)56-19-11-43(61)52-47(56)63/h2,5-7,14,22-24,28,32-33,45,50-51H,3-4,8-13,15-21,25-27H2,1H3,(H,52,61,63). The fourth-order valence-electron chi connectivity index (χ4n) is 10.5. The highest BCUT2D eigenvalue weighted by atomic mass is 19.3. The lowest BCUT2D eigenvalue weighted by molar-refractivity contribution is -0.131. The van der Waals surface area contributed by atoms with E-state index >= 15 is 8.78 Å². The van der Waals surface area contributed by atoms with Gasteiger partial charge in [0.05, 0.1) is 19.1 Å². The van der Waals surface area contributed by atoms with Crippen molar-refractivity contribution < 1.29 is 32.7 Å². The second kappa shape index (κ2) is 17.4. The summed E-state index contributed by atoms with van der Waals surface area (Å²) in [4.78, 5) is 57.4. The Bertz CT molecular complexity index is 2520. The Balaban J connectivity index is 0.887. The lowest BCUT2D eigenvalue weighted by Gasteiger charge is -2.34. The van der Waals surface area contributed by atoms with Crippen LogP contribution in [0, 0.1) is 0 Å². The number of urea groups is 1. The van der Waals surface area contributed by atoms with E-state index in [2.05, 4.69) is 30.1 Å². The van der Waals surface area contributed by atoms with Crippen LogP contribution in [0.5, 0.6) is 0 Å². The van der Waals surface area contributed by atoms with E-state index < -0.39 is 12.5 Å². The maximum absolute atomic E-state index is 15.5. The molecule has 6 aliphatic rings. The third-order valence-corrected chi connectivity index (χ3v) is 13.9. The number of benzene rings is 2. The number of hydrogen-bond acceptors (Lipinski definition) is 9. The van der Waals surface area contributed by atoms with E-state index in [4.69, 9.17) is 9.84 Å².